The van der Waals surface area contributed by atoms with Crippen molar-refractivity contribution in [1.29, 1.82) is 0 Å². The minimum atomic E-state index is -0.961. The fourth-order valence-corrected chi connectivity index (χ4v) is 3.73. The number of aliphatic carboxylic acids is 1. The summed E-state index contributed by atoms with van der Waals surface area (Å²) in [4.78, 5) is 35.2. The highest BCUT2D eigenvalue weighted by Gasteiger charge is 2.20. The lowest BCUT2D eigenvalue weighted by Crippen LogP contribution is -2.27. The molecule has 3 aromatic rings. The maximum atomic E-state index is 12.3. The normalized spacial score (nSPS) is 14.6. The molecule has 3 N–H and O–H groups in total. The molecule has 0 aliphatic heterocycles. The van der Waals surface area contributed by atoms with Crippen LogP contribution in [0.5, 0.6) is 0 Å². The van der Waals surface area contributed by atoms with E-state index < -0.39 is 5.97 Å². The number of benzene rings is 2. The first-order chi connectivity index (χ1) is 13.5. The summed E-state index contributed by atoms with van der Waals surface area (Å²) in [7, 11) is 0. The number of fused-ring (bicyclic) bond motifs is 3. The molecular weight excluding hydrogens is 360 g/mol. The molecule has 0 saturated carbocycles. The Morgan fingerprint density at radius 3 is 2.71 bits per heavy atom. The molecule has 7 nitrogen and oxygen atoms in total. The van der Waals surface area contributed by atoms with Gasteiger partial charge in [-0.05, 0) is 61.8 Å². The van der Waals surface area contributed by atoms with Crippen LogP contribution in [0.1, 0.15) is 37.8 Å². The number of H-pyrrole nitrogens is 1. The summed E-state index contributed by atoms with van der Waals surface area (Å²) in [6.07, 6.45) is 3.42. The quantitative estimate of drug-likeness (QED) is 0.629. The SMILES string of the molecule is O=C(CCc1[nH]oc2c1ccc1cc(=O)ccc12)NC1=C(C(=O)O)CCCC1. The zero-order chi connectivity index (χ0) is 19.7. The van der Waals surface area contributed by atoms with E-state index in [1.54, 1.807) is 12.1 Å². The van der Waals surface area contributed by atoms with Crippen LogP contribution in [0.3, 0.4) is 0 Å². The van der Waals surface area contributed by atoms with Crippen molar-refractivity contribution in [1.82, 2.24) is 10.5 Å². The Morgan fingerprint density at radius 1 is 1.11 bits per heavy atom. The summed E-state index contributed by atoms with van der Waals surface area (Å²) in [6, 6.07) is 8.52. The minimum Gasteiger partial charge on any atom is -0.478 e. The Bertz CT molecular complexity index is 1170. The number of amides is 1. The maximum Gasteiger partial charge on any atom is 0.333 e. The fourth-order valence-electron chi connectivity index (χ4n) is 3.73. The Morgan fingerprint density at radius 2 is 1.89 bits per heavy atom. The third-order valence-corrected chi connectivity index (χ3v) is 5.16. The summed E-state index contributed by atoms with van der Waals surface area (Å²) in [5.41, 5.74) is 2.22. The zero-order valence-electron chi connectivity index (χ0n) is 15.2. The number of carboxylic acids is 1. The molecule has 0 atom stereocenters. The lowest BCUT2D eigenvalue weighted by Gasteiger charge is -2.18. The molecule has 1 aliphatic carbocycles. The van der Waals surface area contributed by atoms with Crippen molar-refractivity contribution in [3.63, 3.8) is 0 Å². The predicted octanol–water partition coefficient (Wildman–Crippen LogP) is 3.24. The van der Waals surface area contributed by atoms with Crippen molar-refractivity contribution in [2.75, 3.05) is 0 Å². The first kappa shape index (κ1) is 18.0. The van der Waals surface area contributed by atoms with Gasteiger partial charge in [0.2, 0.25) is 5.91 Å². The summed E-state index contributed by atoms with van der Waals surface area (Å²) >= 11 is 0. The van der Waals surface area contributed by atoms with Gasteiger partial charge in [-0.15, -0.1) is 0 Å². The molecular formula is C21H20N2O5. The molecule has 2 aromatic carbocycles. The van der Waals surface area contributed by atoms with Crippen molar-refractivity contribution in [2.45, 2.75) is 38.5 Å². The molecule has 0 bridgehead atoms. The Kier molecular flexibility index (Phi) is 4.73. The summed E-state index contributed by atoms with van der Waals surface area (Å²) < 4.78 is 5.59. The highest BCUT2D eigenvalue weighted by Crippen LogP contribution is 2.27. The number of carbonyl (C=O) groups is 2. The van der Waals surface area contributed by atoms with E-state index in [9.17, 15) is 19.5 Å². The molecule has 0 spiro atoms. The predicted molar refractivity (Wildman–Crippen MR) is 104 cm³/mol. The molecule has 0 saturated heterocycles. The fraction of sp³-hybridized carbons (Fsp3) is 0.286. The van der Waals surface area contributed by atoms with Crippen LogP contribution in [0.15, 0.2) is 50.9 Å². The maximum absolute atomic E-state index is 12.3. The van der Waals surface area contributed by atoms with Crippen LogP contribution in [0.4, 0.5) is 0 Å². The van der Waals surface area contributed by atoms with Crippen LogP contribution in [0.2, 0.25) is 0 Å². The Balaban J connectivity index is 1.51. The highest BCUT2D eigenvalue weighted by molar-refractivity contribution is 6.04. The van der Waals surface area contributed by atoms with Gasteiger partial charge in [-0.3, -0.25) is 9.59 Å². The van der Waals surface area contributed by atoms with Crippen molar-refractivity contribution in [3.8, 4) is 0 Å². The Labute approximate surface area is 160 Å². The molecule has 1 aromatic heterocycles. The Hall–Kier alpha value is -3.35. The van der Waals surface area contributed by atoms with Crippen molar-refractivity contribution >= 4 is 33.6 Å². The average Bonchev–Trinajstić information content (AvgIpc) is 3.09. The van der Waals surface area contributed by atoms with E-state index >= 15 is 0 Å². The second-order valence-corrected chi connectivity index (χ2v) is 7.03. The zero-order valence-corrected chi connectivity index (χ0v) is 15.2. The number of hydrogen-bond donors (Lipinski definition) is 3. The number of rotatable bonds is 5. The number of nitrogens with one attached hydrogen (secondary N) is 2. The van der Waals surface area contributed by atoms with E-state index in [4.69, 9.17) is 4.52 Å². The van der Waals surface area contributed by atoms with E-state index in [0.29, 0.717) is 36.1 Å². The van der Waals surface area contributed by atoms with Crippen LogP contribution < -0.4 is 10.7 Å². The molecule has 0 unspecified atom stereocenters. The standard InChI is InChI=1S/C21H20N2O5/c24-13-6-8-14-12(11-13)5-7-15-18(23-28-20(14)15)9-10-19(25)22-17-4-2-1-3-16(17)21(26)27/h5-8,11,23H,1-4,9-10H2,(H,22,25)(H,26,27). The van der Waals surface area contributed by atoms with Crippen LogP contribution in [-0.2, 0) is 16.0 Å². The van der Waals surface area contributed by atoms with E-state index in [-0.39, 0.29) is 17.8 Å². The number of aromatic nitrogens is 1. The van der Waals surface area contributed by atoms with Gasteiger partial charge >= 0.3 is 5.97 Å². The van der Waals surface area contributed by atoms with Gasteiger partial charge in [0.15, 0.2) is 11.0 Å². The monoisotopic (exact) mass is 380 g/mol. The van der Waals surface area contributed by atoms with Gasteiger partial charge in [0, 0.05) is 22.9 Å². The minimum absolute atomic E-state index is 0.0583. The summed E-state index contributed by atoms with van der Waals surface area (Å²) in [5, 5.41) is 17.4. The van der Waals surface area contributed by atoms with E-state index in [0.717, 1.165) is 34.7 Å². The van der Waals surface area contributed by atoms with Crippen molar-refractivity contribution in [2.24, 2.45) is 0 Å². The number of aryl methyl sites for hydroxylation is 1. The van der Waals surface area contributed by atoms with Gasteiger partial charge in [0.25, 0.3) is 0 Å². The molecule has 1 heterocycles. The number of aromatic amines is 1. The number of carboxylic acid groups (broad SMARTS) is 1. The number of allylic oxidation sites excluding steroid dienone is 1. The van der Waals surface area contributed by atoms with Crippen molar-refractivity contribution in [3.05, 3.63) is 57.5 Å². The van der Waals surface area contributed by atoms with Gasteiger partial charge in [0.1, 0.15) is 0 Å². The van der Waals surface area contributed by atoms with Crippen LogP contribution in [0.25, 0.3) is 21.7 Å². The molecule has 0 radical (unpaired) electrons. The van der Waals surface area contributed by atoms with Gasteiger partial charge in [-0.1, -0.05) is 6.07 Å². The smallest absolute Gasteiger partial charge is 0.333 e. The molecule has 1 amide bonds. The molecule has 7 heteroatoms. The molecule has 28 heavy (non-hydrogen) atoms. The molecule has 144 valence electrons. The highest BCUT2D eigenvalue weighted by atomic mass is 16.5. The molecule has 0 fully saturated rings. The van der Waals surface area contributed by atoms with Gasteiger partial charge in [-0.25, -0.2) is 9.95 Å². The van der Waals surface area contributed by atoms with Crippen LogP contribution in [-0.4, -0.2) is 22.1 Å². The second-order valence-electron chi connectivity index (χ2n) is 7.03. The summed E-state index contributed by atoms with van der Waals surface area (Å²) in [6.45, 7) is 0. The van der Waals surface area contributed by atoms with Gasteiger partial charge in [0.05, 0.1) is 11.3 Å². The number of hydrogen-bond acceptors (Lipinski definition) is 4. The first-order valence-electron chi connectivity index (χ1n) is 9.31. The number of carbonyl (C=O) groups excluding carboxylic acids is 1. The lowest BCUT2D eigenvalue weighted by molar-refractivity contribution is -0.133. The first-order valence-corrected chi connectivity index (χ1v) is 9.31. The van der Waals surface area contributed by atoms with Gasteiger partial charge < -0.3 is 14.9 Å². The second kappa shape index (κ2) is 7.34. The largest absolute Gasteiger partial charge is 0.478 e. The van der Waals surface area contributed by atoms with Gasteiger partial charge in [-0.2, -0.15) is 0 Å². The van der Waals surface area contributed by atoms with Crippen LogP contribution in [0, 0.1) is 0 Å². The molecule has 4 rings (SSSR count). The molecule has 1 aliphatic rings. The topological polar surface area (TPSA) is 112 Å². The summed E-state index contributed by atoms with van der Waals surface area (Å²) in [5.74, 6) is -1.17. The third-order valence-electron chi connectivity index (χ3n) is 5.16. The van der Waals surface area contributed by atoms with E-state index in [2.05, 4.69) is 10.5 Å². The third kappa shape index (κ3) is 3.43. The van der Waals surface area contributed by atoms with E-state index in [1.807, 2.05) is 12.1 Å². The van der Waals surface area contributed by atoms with Crippen LogP contribution >= 0.6 is 0 Å². The lowest BCUT2D eigenvalue weighted by atomic mass is 9.96. The van der Waals surface area contributed by atoms with Crippen molar-refractivity contribution < 1.29 is 19.2 Å². The van der Waals surface area contributed by atoms with E-state index in [1.165, 1.54) is 6.07 Å². The average molecular weight is 380 g/mol.